The number of fused-ring (bicyclic) bond motifs is 1. The van der Waals surface area contributed by atoms with E-state index in [2.05, 4.69) is 49.9 Å². The topological polar surface area (TPSA) is 191 Å². The Morgan fingerprint density at radius 1 is 0.894 bits per heavy atom. The largest absolute Gasteiger partial charge is 0.506 e. The number of amides is 1. The van der Waals surface area contributed by atoms with Crippen LogP contribution in [0, 0.1) is 5.92 Å². The van der Waals surface area contributed by atoms with Crippen LogP contribution in [0.25, 0.3) is 22.0 Å². The Bertz CT molecular complexity index is 2860. The number of aromatic hydroxyl groups is 1. The third-order valence-electron chi connectivity index (χ3n) is 12.3. The number of H-pyrrole nitrogens is 1. The Hall–Kier alpha value is -7.10. The molecule has 2 aromatic heterocycles. The van der Waals surface area contributed by atoms with E-state index in [0.29, 0.717) is 56.8 Å². The maximum atomic E-state index is 14.1. The van der Waals surface area contributed by atoms with E-state index in [0.717, 1.165) is 38.0 Å². The number of carbonyl (C=O) groups is 2. The highest BCUT2D eigenvalue weighted by atomic mass is 16.5. The summed E-state index contributed by atoms with van der Waals surface area (Å²) >= 11 is 0. The molecule has 3 heterocycles. The standard InChI is InChI=1S/C52H54N6O8/c1-57-32-43(36-12-9-15-40(26-36)52(64,39-13-7-4-8-14-39)51(63)66-33-35-22-24-58(25-23-35)31-34-10-5-3-6-11-34)44(56-57)29-54-50(62)37-16-17-38(47(27-37)65-2)28-53-30-46(60)41-18-20-45(59)49-42(41)19-21-48(61)55-49/h3-21,26-27,32,35,46,53,59-60,64H,22-25,28-31,33H2,1-2H3,(H,54,62)(H,55,61)/t46-,52-/m0/s1. The molecule has 0 bridgehead atoms. The van der Waals surface area contributed by atoms with Crippen LogP contribution in [0.1, 0.15) is 62.8 Å². The van der Waals surface area contributed by atoms with Crippen LogP contribution in [0.4, 0.5) is 0 Å². The summed E-state index contributed by atoms with van der Waals surface area (Å²) in [6, 6.07) is 37.4. The second-order valence-electron chi connectivity index (χ2n) is 16.8. The summed E-state index contributed by atoms with van der Waals surface area (Å²) in [5, 5.41) is 45.0. The van der Waals surface area contributed by atoms with Crippen LogP contribution in [-0.4, -0.2) is 80.2 Å². The number of benzene rings is 5. The number of aromatic nitrogens is 3. The van der Waals surface area contributed by atoms with Crippen molar-refractivity contribution < 1.29 is 34.4 Å². The second kappa shape index (κ2) is 20.4. The molecule has 1 saturated heterocycles. The van der Waals surface area contributed by atoms with Crippen LogP contribution < -0.4 is 20.9 Å². The average molecular weight is 891 g/mol. The van der Waals surface area contributed by atoms with Crippen molar-refractivity contribution in [3.63, 3.8) is 0 Å². The number of hydrogen-bond acceptors (Lipinski definition) is 11. The van der Waals surface area contributed by atoms with Gasteiger partial charge in [0.05, 0.1) is 37.6 Å². The van der Waals surface area contributed by atoms with E-state index in [4.69, 9.17) is 9.47 Å². The maximum absolute atomic E-state index is 14.1. The SMILES string of the molecule is COc1cc(C(=O)NCc2nn(C)cc2-c2cccc([C@](O)(C(=O)OCC3CCN(Cc4ccccc4)CC3)c3ccccc3)c2)ccc1CNC[C@H](O)c1ccc(O)c2[nH]c(=O)ccc12. The Morgan fingerprint density at radius 2 is 1.64 bits per heavy atom. The van der Waals surface area contributed by atoms with Gasteiger partial charge in [0, 0.05) is 66.6 Å². The molecular formula is C52H54N6O8. The van der Waals surface area contributed by atoms with Crippen molar-refractivity contribution in [2.75, 3.05) is 33.4 Å². The van der Waals surface area contributed by atoms with Gasteiger partial charge in [0.15, 0.2) is 0 Å². The van der Waals surface area contributed by atoms with E-state index in [1.54, 1.807) is 84.5 Å². The molecule has 1 aliphatic heterocycles. The second-order valence-corrected chi connectivity index (χ2v) is 16.8. The fraction of sp³-hybridized carbons (Fsp3) is 0.269. The Balaban J connectivity index is 0.912. The first kappa shape index (κ1) is 45.5. The van der Waals surface area contributed by atoms with Gasteiger partial charge in [-0.25, -0.2) is 4.79 Å². The average Bonchev–Trinajstić information content (AvgIpc) is 3.73. The van der Waals surface area contributed by atoms with E-state index in [1.165, 1.54) is 24.8 Å². The number of nitrogens with zero attached hydrogens (tertiary/aromatic N) is 3. The van der Waals surface area contributed by atoms with E-state index in [9.17, 15) is 29.7 Å². The lowest BCUT2D eigenvalue weighted by molar-refractivity contribution is -0.164. The molecule has 0 spiro atoms. The minimum absolute atomic E-state index is 0.0811. The van der Waals surface area contributed by atoms with Gasteiger partial charge in [-0.2, -0.15) is 5.10 Å². The van der Waals surface area contributed by atoms with Gasteiger partial charge in [-0.3, -0.25) is 19.2 Å². The molecule has 0 unspecified atom stereocenters. The first-order valence-electron chi connectivity index (χ1n) is 22.0. The fourth-order valence-electron chi connectivity index (χ4n) is 8.65. The van der Waals surface area contributed by atoms with Gasteiger partial charge >= 0.3 is 5.97 Å². The molecule has 14 heteroatoms. The molecular weight excluding hydrogens is 837 g/mol. The minimum Gasteiger partial charge on any atom is -0.506 e. The number of methoxy groups -OCH3 is 1. The summed E-state index contributed by atoms with van der Waals surface area (Å²) in [5.74, 6) is -0.530. The molecule has 5 aromatic carbocycles. The van der Waals surface area contributed by atoms with Crippen LogP contribution in [0.5, 0.6) is 11.5 Å². The molecule has 0 aliphatic carbocycles. The van der Waals surface area contributed by atoms with Crippen molar-refractivity contribution in [3.8, 4) is 22.6 Å². The number of aromatic amines is 1. The number of aliphatic hydroxyl groups is 2. The molecule has 66 heavy (non-hydrogen) atoms. The predicted octanol–water partition coefficient (Wildman–Crippen LogP) is 6.09. The van der Waals surface area contributed by atoms with E-state index in [1.807, 2.05) is 24.4 Å². The molecule has 1 fully saturated rings. The lowest BCUT2D eigenvalue weighted by Crippen LogP contribution is -2.40. The molecule has 1 aliphatic rings. The third-order valence-corrected chi connectivity index (χ3v) is 12.3. The Kier molecular flexibility index (Phi) is 14.0. The number of phenolic OH excluding ortho intramolecular Hbond substituents is 1. The van der Waals surface area contributed by atoms with Crippen LogP contribution in [0.3, 0.4) is 0 Å². The van der Waals surface area contributed by atoms with E-state index in [-0.39, 0.29) is 48.3 Å². The molecule has 2 atom stereocenters. The van der Waals surface area contributed by atoms with Gasteiger partial charge in [0.2, 0.25) is 11.2 Å². The van der Waals surface area contributed by atoms with Crippen molar-refractivity contribution in [2.24, 2.45) is 13.0 Å². The third kappa shape index (κ3) is 10.2. The lowest BCUT2D eigenvalue weighted by atomic mass is 9.85. The zero-order valence-electron chi connectivity index (χ0n) is 36.9. The first-order chi connectivity index (χ1) is 32.0. The molecule has 1 amide bonds. The summed E-state index contributed by atoms with van der Waals surface area (Å²) < 4.78 is 13.3. The zero-order valence-corrected chi connectivity index (χ0v) is 36.9. The number of hydrogen-bond donors (Lipinski definition) is 6. The van der Waals surface area contributed by atoms with Gasteiger partial charge in [0.1, 0.15) is 11.5 Å². The molecule has 0 saturated carbocycles. The number of ether oxygens (including phenoxy) is 2. The zero-order chi connectivity index (χ0) is 46.2. The number of piperidine rings is 1. The number of aliphatic hydroxyl groups excluding tert-OH is 1. The number of rotatable bonds is 17. The highest BCUT2D eigenvalue weighted by Gasteiger charge is 2.42. The minimum atomic E-state index is -2.09. The van der Waals surface area contributed by atoms with Crippen molar-refractivity contribution in [2.45, 2.75) is 44.2 Å². The van der Waals surface area contributed by atoms with E-state index < -0.39 is 17.7 Å². The molecule has 0 radical (unpaired) electrons. The normalized spacial score (nSPS) is 14.7. The Labute approximate surface area is 382 Å². The smallest absolute Gasteiger partial charge is 0.347 e. The van der Waals surface area contributed by atoms with Crippen LogP contribution in [-0.2, 0) is 41.8 Å². The van der Waals surface area contributed by atoms with E-state index >= 15 is 0 Å². The number of esters is 1. The first-order valence-corrected chi connectivity index (χ1v) is 22.0. The highest BCUT2D eigenvalue weighted by molar-refractivity contribution is 5.95. The quantitative estimate of drug-likeness (QED) is 0.0581. The molecule has 7 aromatic rings. The lowest BCUT2D eigenvalue weighted by Gasteiger charge is -2.33. The number of likely N-dealkylation sites (tertiary alicyclic amines) is 1. The molecule has 340 valence electrons. The Morgan fingerprint density at radius 3 is 2.39 bits per heavy atom. The number of pyridine rings is 1. The van der Waals surface area contributed by atoms with Gasteiger partial charge < -0.3 is 40.4 Å². The predicted molar refractivity (Wildman–Crippen MR) is 251 cm³/mol. The van der Waals surface area contributed by atoms with Gasteiger partial charge in [-0.15, -0.1) is 0 Å². The summed E-state index contributed by atoms with van der Waals surface area (Å²) in [6.45, 7) is 3.45. The maximum Gasteiger partial charge on any atom is 0.347 e. The molecule has 8 rings (SSSR count). The van der Waals surface area contributed by atoms with Crippen molar-refractivity contribution >= 4 is 22.8 Å². The number of phenols is 1. The molecule has 6 N–H and O–H groups in total. The van der Waals surface area contributed by atoms with Crippen molar-refractivity contribution in [3.05, 3.63) is 183 Å². The van der Waals surface area contributed by atoms with Gasteiger partial charge in [-0.05, 0) is 84.4 Å². The van der Waals surface area contributed by atoms with Gasteiger partial charge in [-0.1, -0.05) is 91.0 Å². The van der Waals surface area contributed by atoms with Crippen molar-refractivity contribution in [1.29, 1.82) is 0 Å². The van der Waals surface area contributed by atoms with Crippen LogP contribution in [0.15, 0.2) is 138 Å². The summed E-state index contributed by atoms with van der Waals surface area (Å²) in [4.78, 5) is 44.5. The molecule has 14 nitrogen and oxygen atoms in total. The fourth-order valence-corrected chi connectivity index (χ4v) is 8.65. The number of carbonyl (C=O) groups excluding carboxylic acids is 2. The van der Waals surface area contributed by atoms with Crippen LogP contribution >= 0.6 is 0 Å². The van der Waals surface area contributed by atoms with Crippen molar-refractivity contribution in [1.82, 2.24) is 30.3 Å². The summed E-state index contributed by atoms with van der Waals surface area (Å²) in [6.07, 6.45) is 2.65. The number of nitrogens with one attached hydrogen (secondary N) is 3. The van der Waals surface area contributed by atoms with Gasteiger partial charge in [0.25, 0.3) is 5.91 Å². The summed E-state index contributed by atoms with van der Waals surface area (Å²) in [5.41, 5.74) is 3.45. The summed E-state index contributed by atoms with van der Waals surface area (Å²) in [7, 11) is 3.30. The highest BCUT2D eigenvalue weighted by Crippen LogP contribution is 2.35. The number of aryl methyl sites for hydroxylation is 1. The monoisotopic (exact) mass is 890 g/mol. The van der Waals surface area contributed by atoms with Crippen LogP contribution in [0.2, 0.25) is 0 Å².